The van der Waals surface area contributed by atoms with Crippen LogP contribution in [-0.4, -0.2) is 30.9 Å². The van der Waals surface area contributed by atoms with Gasteiger partial charge in [0.25, 0.3) is 0 Å². The molecule has 2 amide bonds. The molecule has 0 bridgehead atoms. The van der Waals surface area contributed by atoms with Crippen molar-refractivity contribution >= 4 is 11.8 Å². The maximum Gasteiger partial charge on any atom is 0.237 e. The van der Waals surface area contributed by atoms with Gasteiger partial charge in [0.2, 0.25) is 11.8 Å². The number of carbonyl (C=O) groups excluding carboxylic acids is 2. The zero-order valence-corrected chi connectivity index (χ0v) is 8.88. The molecule has 0 aromatic rings. The summed E-state index contributed by atoms with van der Waals surface area (Å²) in [5.41, 5.74) is 5.45. The highest BCUT2D eigenvalue weighted by atomic mass is 16.2. The van der Waals surface area contributed by atoms with Gasteiger partial charge >= 0.3 is 0 Å². The molecule has 0 rings (SSSR count). The van der Waals surface area contributed by atoms with Crippen LogP contribution in [0.25, 0.3) is 0 Å². The number of nitrogens with one attached hydrogen (secondary N) is 2. The third kappa shape index (κ3) is 6.52. The topological polar surface area (TPSA) is 84.2 Å². The third-order valence-electron chi connectivity index (χ3n) is 1.70. The van der Waals surface area contributed by atoms with Crippen molar-refractivity contribution in [1.82, 2.24) is 10.6 Å². The number of nitrogens with two attached hydrogens (primary N) is 1. The Balaban J connectivity index is 3.64. The first kappa shape index (κ1) is 13.5. The Morgan fingerprint density at radius 3 is 2.67 bits per heavy atom. The summed E-state index contributed by atoms with van der Waals surface area (Å²) >= 11 is 0. The molecule has 0 fully saturated rings. The summed E-state index contributed by atoms with van der Waals surface area (Å²) in [6.07, 6.45) is 5.46. The highest BCUT2D eigenvalue weighted by molar-refractivity contribution is 5.82. The summed E-state index contributed by atoms with van der Waals surface area (Å²) in [5.74, 6) is 1.89. The van der Waals surface area contributed by atoms with E-state index in [1.165, 1.54) is 0 Å². The lowest BCUT2D eigenvalue weighted by molar-refractivity contribution is -0.123. The molecule has 0 aliphatic rings. The van der Waals surface area contributed by atoms with Crippen LogP contribution in [0.3, 0.4) is 0 Å². The summed E-state index contributed by atoms with van der Waals surface area (Å²) in [6, 6.07) is -0.691. The summed E-state index contributed by atoms with van der Waals surface area (Å²) < 4.78 is 0. The number of hydrogen-bond donors (Lipinski definition) is 3. The van der Waals surface area contributed by atoms with Crippen molar-refractivity contribution in [2.45, 2.75) is 25.8 Å². The van der Waals surface area contributed by atoms with Crippen LogP contribution in [0.15, 0.2) is 0 Å². The Morgan fingerprint density at radius 2 is 2.13 bits per heavy atom. The van der Waals surface area contributed by atoms with E-state index < -0.39 is 6.04 Å². The molecule has 0 aromatic carbocycles. The van der Waals surface area contributed by atoms with E-state index in [1.807, 2.05) is 6.92 Å². The molecule has 0 saturated heterocycles. The van der Waals surface area contributed by atoms with Crippen LogP contribution in [0.2, 0.25) is 0 Å². The highest BCUT2D eigenvalue weighted by Crippen LogP contribution is 1.86. The summed E-state index contributed by atoms with van der Waals surface area (Å²) in [4.78, 5) is 22.2. The van der Waals surface area contributed by atoms with E-state index in [0.29, 0.717) is 6.54 Å². The fourth-order valence-electron chi connectivity index (χ4n) is 0.936. The molecule has 84 valence electrons. The largest absolute Gasteiger partial charge is 0.356 e. The average Bonchev–Trinajstić information content (AvgIpc) is 2.18. The number of hydrogen-bond acceptors (Lipinski definition) is 3. The standard InChI is InChI=1S/C10H17N3O2/c1-3-5-8(11)10(15)13-7-6-9(14)12-4-2/h1,8H,4-7,11H2,2H3,(H,12,14)(H,13,15). The van der Waals surface area contributed by atoms with Crippen molar-refractivity contribution < 1.29 is 9.59 Å². The monoisotopic (exact) mass is 211 g/mol. The van der Waals surface area contributed by atoms with Crippen LogP contribution in [0.4, 0.5) is 0 Å². The second-order valence-corrected chi connectivity index (χ2v) is 3.01. The molecular weight excluding hydrogens is 194 g/mol. The molecule has 1 atom stereocenters. The highest BCUT2D eigenvalue weighted by Gasteiger charge is 2.11. The van der Waals surface area contributed by atoms with Crippen LogP contribution in [0, 0.1) is 12.3 Å². The molecule has 0 saturated carbocycles. The first-order valence-corrected chi connectivity index (χ1v) is 4.85. The predicted octanol–water partition coefficient (Wildman–Crippen LogP) is -1.02. The molecule has 0 radical (unpaired) electrons. The molecule has 1 unspecified atom stereocenters. The quantitative estimate of drug-likeness (QED) is 0.492. The third-order valence-corrected chi connectivity index (χ3v) is 1.70. The molecule has 4 N–H and O–H groups in total. The van der Waals surface area contributed by atoms with Gasteiger partial charge in [0.05, 0.1) is 6.04 Å². The normalized spacial score (nSPS) is 11.3. The van der Waals surface area contributed by atoms with Crippen molar-refractivity contribution in [2.24, 2.45) is 5.73 Å². The molecule has 0 spiro atoms. The van der Waals surface area contributed by atoms with E-state index in [4.69, 9.17) is 12.2 Å². The van der Waals surface area contributed by atoms with E-state index in [0.717, 1.165) is 0 Å². The Hall–Kier alpha value is -1.54. The molecule has 0 aromatic heterocycles. The lowest BCUT2D eigenvalue weighted by Crippen LogP contribution is -2.41. The lowest BCUT2D eigenvalue weighted by Gasteiger charge is -2.09. The second-order valence-electron chi connectivity index (χ2n) is 3.01. The molecule has 0 heterocycles. The molecule has 5 nitrogen and oxygen atoms in total. The number of terminal acetylenes is 1. The minimum absolute atomic E-state index is 0.0941. The van der Waals surface area contributed by atoms with Gasteiger partial charge in [-0.05, 0) is 6.92 Å². The van der Waals surface area contributed by atoms with Gasteiger partial charge in [-0.1, -0.05) is 0 Å². The van der Waals surface area contributed by atoms with Crippen molar-refractivity contribution in [2.75, 3.05) is 13.1 Å². The summed E-state index contributed by atoms with van der Waals surface area (Å²) in [5, 5.41) is 5.16. The lowest BCUT2D eigenvalue weighted by atomic mass is 10.2. The van der Waals surface area contributed by atoms with Crippen LogP contribution >= 0.6 is 0 Å². The number of amides is 2. The van der Waals surface area contributed by atoms with Gasteiger partial charge in [0, 0.05) is 25.9 Å². The van der Waals surface area contributed by atoms with E-state index in [-0.39, 0.29) is 31.2 Å². The van der Waals surface area contributed by atoms with Crippen LogP contribution in [0.5, 0.6) is 0 Å². The average molecular weight is 211 g/mol. The SMILES string of the molecule is C#CCC(N)C(=O)NCCC(=O)NCC. The van der Waals surface area contributed by atoms with Crippen LogP contribution < -0.4 is 16.4 Å². The van der Waals surface area contributed by atoms with Gasteiger partial charge in [-0.25, -0.2) is 0 Å². The Bertz CT molecular complexity index is 258. The Labute approximate surface area is 89.8 Å². The molecule has 5 heteroatoms. The fourth-order valence-corrected chi connectivity index (χ4v) is 0.936. The minimum Gasteiger partial charge on any atom is -0.356 e. The smallest absolute Gasteiger partial charge is 0.237 e. The Kier molecular flexibility index (Phi) is 7.02. The number of rotatable bonds is 6. The molecule has 0 aliphatic heterocycles. The molecule has 0 aliphatic carbocycles. The van der Waals surface area contributed by atoms with Crippen molar-refractivity contribution in [3.8, 4) is 12.3 Å². The van der Waals surface area contributed by atoms with E-state index in [1.54, 1.807) is 0 Å². The fraction of sp³-hybridized carbons (Fsp3) is 0.600. The van der Waals surface area contributed by atoms with Gasteiger partial charge < -0.3 is 16.4 Å². The second kappa shape index (κ2) is 7.83. The summed E-state index contributed by atoms with van der Waals surface area (Å²) in [7, 11) is 0. The maximum atomic E-state index is 11.2. The van der Waals surface area contributed by atoms with E-state index in [2.05, 4.69) is 16.6 Å². The van der Waals surface area contributed by atoms with E-state index >= 15 is 0 Å². The van der Waals surface area contributed by atoms with Gasteiger partial charge in [-0.2, -0.15) is 0 Å². The van der Waals surface area contributed by atoms with Crippen molar-refractivity contribution in [1.29, 1.82) is 0 Å². The Morgan fingerprint density at radius 1 is 1.47 bits per heavy atom. The van der Waals surface area contributed by atoms with Gasteiger partial charge in [-0.3, -0.25) is 9.59 Å². The molecule has 15 heavy (non-hydrogen) atoms. The van der Waals surface area contributed by atoms with Crippen LogP contribution in [0.1, 0.15) is 19.8 Å². The zero-order valence-electron chi connectivity index (χ0n) is 8.88. The van der Waals surface area contributed by atoms with Gasteiger partial charge in [0.1, 0.15) is 0 Å². The predicted molar refractivity (Wildman–Crippen MR) is 57.7 cm³/mol. The minimum atomic E-state index is -0.691. The van der Waals surface area contributed by atoms with Crippen molar-refractivity contribution in [3.05, 3.63) is 0 Å². The van der Waals surface area contributed by atoms with Crippen LogP contribution in [-0.2, 0) is 9.59 Å². The van der Waals surface area contributed by atoms with Crippen molar-refractivity contribution in [3.63, 3.8) is 0 Å². The number of carbonyl (C=O) groups is 2. The van der Waals surface area contributed by atoms with Gasteiger partial charge in [-0.15, -0.1) is 12.3 Å². The zero-order chi connectivity index (χ0) is 11.7. The first-order chi connectivity index (χ1) is 7.11. The molecular formula is C10H17N3O2. The van der Waals surface area contributed by atoms with E-state index in [9.17, 15) is 9.59 Å². The first-order valence-electron chi connectivity index (χ1n) is 4.85. The van der Waals surface area contributed by atoms with Gasteiger partial charge in [0.15, 0.2) is 0 Å². The maximum absolute atomic E-state index is 11.2. The summed E-state index contributed by atoms with van der Waals surface area (Å²) in [6.45, 7) is 2.70.